The number of hydrogen-bond acceptors (Lipinski definition) is 5. The molecule has 2 aromatic rings. The van der Waals surface area contributed by atoms with Crippen LogP contribution in [0.15, 0.2) is 36.8 Å². The van der Waals surface area contributed by atoms with E-state index in [1.807, 2.05) is 16.7 Å². The van der Waals surface area contributed by atoms with Crippen LogP contribution in [0, 0.1) is 11.3 Å². The van der Waals surface area contributed by atoms with Gasteiger partial charge in [-0.05, 0) is 17.7 Å². The minimum Gasteiger partial charge on any atom is -0.438 e. The van der Waals surface area contributed by atoms with Gasteiger partial charge in [0.2, 0.25) is 0 Å². The summed E-state index contributed by atoms with van der Waals surface area (Å²) in [5, 5.41) is 8.75. The van der Waals surface area contributed by atoms with Crippen LogP contribution in [0.1, 0.15) is 16.8 Å². The van der Waals surface area contributed by atoms with E-state index in [0.717, 1.165) is 11.3 Å². The molecule has 0 atom stereocenters. The number of nitriles is 1. The number of rotatable bonds is 4. The third-order valence-corrected chi connectivity index (χ3v) is 2.74. The third-order valence-electron chi connectivity index (χ3n) is 2.74. The molecule has 0 spiro atoms. The molecule has 0 saturated heterocycles. The lowest BCUT2D eigenvalue weighted by Gasteiger charge is -2.08. The van der Waals surface area contributed by atoms with Crippen molar-refractivity contribution in [2.45, 2.75) is 13.2 Å². The van der Waals surface area contributed by atoms with Gasteiger partial charge in [0.25, 0.3) is 0 Å². The van der Waals surface area contributed by atoms with Gasteiger partial charge < -0.3 is 14.0 Å². The number of methoxy groups -OCH3 is 1. The predicted octanol–water partition coefficient (Wildman–Crippen LogP) is 2.09. The van der Waals surface area contributed by atoms with E-state index in [9.17, 15) is 4.79 Å². The molecule has 1 aromatic heterocycles. The molecule has 0 unspecified atom stereocenters. The van der Waals surface area contributed by atoms with Crippen molar-refractivity contribution in [3.8, 4) is 6.07 Å². The fourth-order valence-corrected chi connectivity index (χ4v) is 1.68. The molecule has 0 saturated carbocycles. The van der Waals surface area contributed by atoms with Crippen LogP contribution in [0.4, 0.5) is 4.79 Å². The molecule has 6 heteroatoms. The second-order valence-electron chi connectivity index (χ2n) is 4.06. The van der Waals surface area contributed by atoms with Crippen molar-refractivity contribution < 1.29 is 14.3 Å². The van der Waals surface area contributed by atoms with Gasteiger partial charge in [0, 0.05) is 6.54 Å². The Kier molecular flexibility index (Phi) is 4.35. The second kappa shape index (κ2) is 6.38. The monoisotopic (exact) mass is 271 g/mol. The lowest BCUT2D eigenvalue weighted by Crippen LogP contribution is -2.09. The van der Waals surface area contributed by atoms with Crippen LogP contribution in [0.5, 0.6) is 0 Å². The summed E-state index contributed by atoms with van der Waals surface area (Å²) in [6.07, 6.45) is 2.57. The number of hydrogen-bond donors (Lipinski definition) is 0. The number of nitrogens with zero attached hydrogens (tertiary/aromatic N) is 3. The van der Waals surface area contributed by atoms with Gasteiger partial charge >= 0.3 is 6.16 Å². The molecule has 2 rings (SSSR count). The standard InChI is InChI=1S/C14H13N3O3/c1-19-14(18)20-9-13-7-16-10-17(13)8-12-4-2-11(6-15)3-5-12/h2-5,7,10H,8-9H2,1H3. The normalized spacial score (nSPS) is 9.80. The molecule has 0 amide bonds. The van der Waals surface area contributed by atoms with Gasteiger partial charge in [-0.1, -0.05) is 12.1 Å². The van der Waals surface area contributed by atoms with Gasteiger partial charge in [-0.25, -0.2) is 9.78 Å². The highest BCUT2D eigenvalue weighted by molar-refractivity contribution is 5.59. The van der Waals surface area contributed by atoms with E-state index in [0.29, 0.717) is 12.1 Å². The number of aromatic nitrogens is 2. The molecule has 0 aliphatic rings. The quantitative estimate of drug-likeness (QED) is 0.796. The Morgan fingerprint density at radius 3 is 2.80 bits per heavy atom. The molecule has 0 radical (unpaired) electrons. The number of imidazole rings is 1. The van der Waals surface area contributed by atoms with Crippen LogP contribution in [0.25, 0.3) is 0 Å². The average Bonchev–Trinajstić information content (AvgIpc) is 2.92. The summed E-state index contributed by atoms with van der Waals surface area (Å²) < 4.78 is 11.2. The Balaban J connectivity index is 2.04. The Bertz CT molecular complexity index is 626. The molecule has 0 aliphatic heterocycles. The van der Waals surface area contributed by atoms with Gasteiger partial charge in [-0.3, -0.25) is 0 Å². The highest BCUT2D eigenvalue weighted by Crippen LogP contribution is 2.09. The molecule has 0 N–H and O–H groups in total. The molecular weight excluding hydrogens is 258 g/mol. The highest BCUT2D eigenvalue weighted by Gasteiger charge is 2.07. The van der Waals surface area contributed by atoms with Gasteiger partial charge in [-0.2, -0.15) is 5.26 Å². The summed E-state index contributed by atoms with van der Waals surface area (Å²) in [5.74, 6) is 0. The first kappa shape index (κ1) is 13.6. The average molecular weight is 271 g/mol. The summed E-state index contributed by atoms with van der Waals surface area (Å²) in [7, 11) is 1.26. The minimum atomic E-state index is -0.726. The fraction of sp³-hybridized carbons (Fsp3) is 0.214. The first-order valence-corrected chi connectivity index (χ1v) is 5.91. The van der Waals surface area contributed by atoms with E-state index >= 15 is 0 Å². The van der Waals surface area contributed by atoms with Gasteiger partial charge in [0.1, 0.15) is 6.61 Å². The molecule has 0 fully saturated rings. The number of benzene rings is 1. The maximum absolute atomic E-state index is 10.9. The smallest absolute Gasteiger partial charge is 0.438 e. The van der Waals surface area contributed by atoms with E-state index in [2.05, 4.69) is 15.8 Å². The van der Waals surface area contributed by atoms with Crippen LogP contribution in [-0.4, -0.2) is 22.8 Å². The van der Waals surface area contributed by atoms with Gasteiger partial charge in [-0.15, -0.1) is 0 Å². The van der Waals surface area contributed by atoms with Crippen molar-refractivity contribution in [3.05, 3.63) is 53.6 Å². The van der Waals surface area contributed by atoms with Crippen LogP contribution in [-0.2, 0) is 22.6 Å². The van der Waals surface area contributed by atoms with E-state index in [1.165, 1.54) is 7.11 Å². The second-order valence-corrected chi connectivity index (χ2v) is 4.06. The molecule has 0 aliphatic carbocycles. The van der Waals surface area contributed by atoms with Crippen molar-refractivity contribution in [1.82, 2.24) is 9.55 Å². The summed E-state index contributed by atoms with van der Waals surface area (Å²) in [6, 6.07) is 9.35. The molecule has 1 heterocycles. The fourth-order valence-electron chi connectivity index (χ4n) is 1.68. The molecule has 20 heavy (non-hydrogen) atoms. The highest BCUT2D eigenvalue weighted by atomic mass is 16.7. The maximum Gasteiger partial charge on any atom is 0.508 e. The van der Waals surface area contributed by atoms with Crippen molar-refractivity contribution >= 4 is 6.16 Å². The summed E-state index contributed by atoms with van der Waals surface area (Å²) in [4.78, 5) is 15.0. The van der Waals surface area contributed by atoms with Gasteiger partial charge in [0.15, 0.2) is 0 Å². The molecule has 0 bridgehead atoms. The number of carbonyl (C=O) groups excluding carboxylic acids is 1. The molecule has 6 nitrogen and oxygen atoms in total. The Labute approximate surface area is 116 Å². The first-order valence-electron chi connectivity index (χ1n) is 5.91. The minimum absolute atomic E-state index is 0.100. The number of carbonyl (C=O) groups is 1. The summed E-state index contributed by atoms with van der Waals surface area (Å²) in [5.41, 5.74) is 2.41. The first-order chi connectivity index (χ1) is 9.72. The van der Waals surface area contributed by atoms with E-state index < -0.39 is 6.16 Å². The zero-order valence-corrected chi connectivity index (χ0v) is 10.9. The Morgan fingerprint density at radius 1 is 1.40 bits per heavy atom. The molecule has 1 aromatic carbocycles. The summed E-state index contributed by atoms with van der Waals surface area (Å²) >= 11 is 0. The van der Waals surface area contributed by atoms with Crippen molar-refractivity contribution in [3.63, 3.8) is 0 Å². The third kappa shape index (κ3) is 3.36. The Hall–Kier alpha value is -2.81. The zero-order valence-electron chi connectivity index (χ0n) is 10.9. The lowest BCUT2D eigenvalue weighted by molar-refractivity contribution is 0.0652. The predicted molar refractivity (Wildman–Crippen MR) is 69.7 cm³/mol. The van der Waals surface area contributed by atoms with Crippen molar-refractivity contribution in [2.24, 2.45) is 0 Å². The largest absolute Gasteiger partial charge is 0.508 e. The van der Waals surface area contributed by atoms with Crippen molar-refractivity contribution in [1.29, 1.82) is 5.26 Å². The van der Waals surface area contributed by atoms with Crippen LogP contribution >= 0.6 is 0 Å². The topological polar surface area (TPSA) is 77.1 Å². The zero-order chi connectivity index (χ0) is 14.4. The van der Waals surface area contributed by atoms with Crippen LogP contribution in [0.2, 0.25) is 0 Å². The lowest BCUT2D eigenvalue weighted by atomic mass is 10.1. The maximum atomic E-state index is 10.9. The summed E-state index contributed by atoms with van der Waals surface area (Å²) in [6.45, 7) is 0.689. The van der Waals surface area contributed by atoms with E-state index in [1.54, 1.807) is 24.7 Å². The van der Waals surface area contributed by atoms with Crippen LogP contribution in [0.3, 0.4) is 0 Å². The van der Waals surface area contributed by atoms with Gasteiger partial charge in [0.05, 0.1) is 37.0 Å². The molecule has 102 valence electrons. The molecular formula is C14H13N3O3. The number of ether oxygens (including phenoxy) is 2. The Morgan fingerprint density at radius 2 is 2.15 bits per heavy atom. The SMILES string of the molecule is COC(=O)OCc1cncn1Cc1ccc(C#N)cc1. The van der Waals surface area contributed by atoms with E-state index in [-0.39, 0.29) is 6.61 Å². The van der Waals surface area contributed by atoms with E-state index in [4.69, 9.17) is 10.00 Å². The van der Waals surface area contributed by atoms with Crippen molar-refractivity contribution in [2.75, 3.05) is 7.11 Å². The van der Waals surface area contributed by atoms with Crippen LogP contribution < -0.4 is 0 Å².